The molecule has 0 amide bonds. The van der Waals surface area contributed by atoms with Crippen molar-refractivity contribution < 1.29 is 19.7 Å². The van der Waals surface area contributed by atoms with E-state index in [1.165, 1.54) is 10.9 Å². The van der Waals surface area contributed by atoms with E-state index in [0.29, 0.717) is 6.61 Å². The SMILES string of the molecule is CCCCOC[C@H](O)Cn1cc(C(=O)O)nn1. The molecular weight excluding hydrogens is 226 g/mol. The predicted octanol–water partition coefficient (Wildman–Crippen LogP) is 0.154. The van der Waals surface area contributed by atoms with Crippen molar-refractivity contribution in [3.8, 4) is 0 Å². The molecule has 7 nitrogen and oxygen atoms in total. The summed E-state index contributed by atoms with van der Waals surface area (Å²) in [5.41, 5.74) is -0.135. The first-order valence-electron chi connectivity index (χ1n) is 5.52. The van der Waals surface area contributed by atoms with Crippen LogP contribution in [0.5, 0.6) is 0 Å². The lowest BCUT2D eigenvalue weighted by Gasteiger charge is -2.10. The summed E-state index contributed by atoms with van der Waals surface area (Å²) in [5, 5.41) is 25.3. The average Bonchev–Trinajstić information content (AvgIpc) is 2.73. The lowest BCUT2D eigenvalue weighted by atomic mass is 10.3. The molecule has 0 fully saturated rings. The quantitative estimate of drug-likeness (QED) is 0.631. The Labute approximate surface area is 99.0 Å². The number of aliphatic hydroxyl groups is 1. The fourth-order valence-corrected chi connectivity index (χ4v) is 1.22. The van der Waals surface area contributed by atoms with Crippen LogP contribution < -0.4 is 0 Å². The van der Waals surface area contributed by atoms with Crippen molar-refractivity contribution in [1.29, 1.82) is 0 Å². The van der Waals surface area contributed by atoms with E-state index in [4.69, 9.17) is 9.84 Å². The van der Waals surface area contributed by atoms with Gasteiger partial charge in [-0.2, -0.15) is 0 Å². The first-order chi connectivity index (χ1) is 8.13. The molecule has 0 aromatic carbocycles. The Morgan fingerprint density at radius 1 is 1.65 bits per heavy atom. The maximum Gasteiger partial charge on any atom is 0.358 e. The van der Waals surface area contributed by atoms with Crippen LogP contribution in [0.25, 0.3) is 0 Å². The monoisotopic (exact) mass is 243 g/mol. The van der Waals surface area contributed by atoms with Gasteiger partial charge in [0.1, 0.15) is 0 Å². The minimum atomic E-state index is -1.13. The zero-order valence-corrected chi connectivity index (χ0v) is 9.74. The number of aromatic nitrogens is 3. The van der Waals surface area contributed by atoms with Crippen molar-refractivity contribution in [3.63, 3.8) is 0 Å². The summed E-state index contributed by atoms with van der Waals surface area (Å²) in [4.78, 5) is 10.5. The molecule has 0 saturated heterocycles. The zero-order chi connectivity index (χ0) is 12.7. The number of hydrogen-bond acceptors (Lipinski definition) is 5. The normalized spacial score (nSPS) is 12.6. The highest BCUT2D eigenvalue weighted by Crippen LogP contribution is 1.97. The molecule has 96 valence electrons. The third kappa shape index (κ3) is 4.92. The molecule has 17 heavy (non-hydrogen) atoms. The van der Waals surface area contributed by atoms with Crippen LogP contribution in [0.1, 0.15) is 30.3 Å². The fraction of sp³-hybridized carbons (Fsp3) is 0.700. The van der Waals surface area contributed by atoms with Gasteiger partial charge in [0.15, 0.2) is 5.69 Å². The summed E-state index contributed by atoms with van der Waals surface area (Å²) in [6, 6.07) is 0. The standard InChI is InChI=1S/C10H17N3O4/c1-2-3-4-17-7-8(14)5-13-6-9(10(15)16)11-12-13/h6,8,14H,2-5,7H2,1H3,(H,15,16)/t8-/m1/s1. The summed E-state index contributed by atoms with van der Waals surface area (Å²) in [5.74, 6) is -1.13. The van der Waals surface area contributed by atoms with E-state index in [1.54, 1.807) is 0 Å². The van der Waals surface area contributed by atoms with Crippen molar-refractivity contribution in [3.05, 3.63) is 11.9 Å². The second kappa shape index (κ2) is 6.97. The molecule has 7 heteroatoms. The van der Waals surface area contributed by atoms with Crippen molar-refractivity contribution >= 4 is 5.97 Å². The van der Waals surface area contributed by atoms with Gasteiger partial charge in [0.05, 0.1) is 25.5 Å². The third-order valence-corrected chi connectivity index (χ3v) is 2.11. The van der Waals surface area contributed by atoms with Crippen LogP contribution in [0.4, 0.5) is 0 Å². The van der Waals surface area contributed by atoms with Crippen LogP contribution in [0, 0.1) is 0 Å². The Hall–Kier alpha value is -1.47. The fourth-order valence-electron chi connectivity index (χ4n) is 1.22. The number of carbonyl (C=O) groups is 1. The summed E-state index contributed by atoms with van der Waals surface area (Å²) >= 11 is 0. The molecule has 1 heterocycles. The van der Waals surface area contributed by atoms with E-state index >= 15 is 0 Å². The van der Waals surface area contributed by atoms with Gasteiger partial charge in [-0.15, -0.1) is 5.10 Å². The van der Waals surface area contributed by atoms with Crippen LogP contribution in [0.15, 0.2) is 6.20 Å². The molecule has 1 rings (SSSR count). The minimum absolute atomic E-state index is 0.135. The van der Waals surface area contributed by atoms with E-state index in [-0.39, 0.29) is 18.8 Å². The van der Waals surface area contributed by atoms with Gasteiger partial charge in [0.25, 0.3) is 0 Å². The molecule has 0 aliphatic rings. The minimum Gasteiger partial charge on any atom is -0.476 e. The van der Waals surface area contributed by atoms with E-state index in [0.717, 1.165) is 12.8 Å². The Bertz CT molecular complexity index is 353. The Balaban J connectivity index is 2.29. The van der Waals surface area contributed by atoms with Crippen LogP contribution in [-0.2, 0) is 11.3 Å². The van der Waals surface area contributed by atoms with Crippen molar-refractivity contribution in [1.82, 2.24) is 15.0 Å². The molecule has 0 bridgehead atoms. The second-order valence-corrected chi connectivity index (χ2v) is 3.71. The summed E-state index contributed by atoms with van der Waals surface area (Å²) in [6.07, 6.45) is 2.56. The van der Waals surface area contributed by atoms with Gasteiger partial charge in [-0.3, -0.25) is 0 Å². The maximum absolute atomic E-state index is 10.5. The Morgan fingerprint density at radius 3 is 3.00 bits per heavy atom. The molecule has 0 radical (unpaired) electrons. The topological polar surface area (TPSA) is 97.5 Å². The van der Waals surface area contributed by atoms with Gasteiger partial charge in [-0.05, 0) is 6.42 Å². The number of ether oxygens (including phenoxy) is 1. The molecule has 1 aromatic rings. The average molecular weight is 243 g/mol. The zero-order valence-electron chi connectivity index (χ0n) is 9.74. The number of carboxylic acids is 1. The van der Waals surface area contributed by atoms with E-state index < -0.39 is 12.1 Å². The van der Waals surface area contributed by atoms with Gasteiger partial charge < -0.3 is 14.9 Å². The van der Waals surface area contributed by atoms with E-state index in [1.807, 2.05) is 0 Å². The van der Waals surface area contributed by atoms with Crippen LogP contribution in [0.3, 0.4) is 0 Å². The molecule has 0 aliphatic carbocycles. The largest absolute Gasteiger partial charge is 0.476 e. The summed E-state index contributed by atoms with van der Waals surface area (Å²) in [7, 11) is 0. The Kier molecular flexibility index (Phi) is 5.58. The third-order valence-electron chi connectivity index (χ3n) is 2.11. The number of hydrogen-bond donors (Lipinski definition) is 2. The highest BCUT2D eigenvalue weighted by Gasteiger charge is 2.11. The molecule has 1 atom stereocenters. The lowest BCUT2D eigenvalue weighted by molar-refractivity contribution is 0.0251. The number of carboxylic acid groups (broad SMARTS) is 1. The van der Waals surface area contributed by atoms with Crippen LogP contribution >= 0.6 is 0 Å². The number of aromatic carboxylic acids is 1. The van der Waals surface area contributed by atoms with Gasteiger partial charge in [-0.1, -0.05) is 18.6 Å². The summed E-state index contributed by atoms with van der Waals surface area (Å²) < 4.78 is 6.52. The van der Waals surface area contributed by atoms with Gasteiger partial charge in [-0.25, -0.2) is 9.48 Å². The van der Waals surface area contributed by atoms with Gasteiger partial charge in [0, 0.05) is 6.61 Å². The molecule has 0 unspecified atom stereocenters. The highest BCUT2D eigenvalue weighted by molar-refractivity contribution is 5.84. The maximum atomic E-state index is 10.5. The molecular formula is C10H17N3O4. The molecule has 0 saturated carbocycles. The smallest absolute Gasteiger partial charge is 0.358 e. The van der Waals surface area contributed by atoms with Crippen molar-refractivity contribution in [2.24, 2.45) is 0 Å². The van der Waals surface area contributed by atoms with Gasteiger partial charge in [0.2, 0.25) is 0 Å². The first-order valence-corrected chi connectivity index (χ1v) is 5.52. The molecule has 1 aromatic heterocycles. The highest BCUT2D eigenvalue weighted by atomic mass is 16.5. The van der Waals surface area contributed by atoms with E-state index in [2.05, 4.69) is 17.2 Å². The van der Waals surface area contributed by atoms with Gasteiger partial charge >= 0.3 is 5.97 Å². The molecule has 2 N–H and O–H groups in total. The van der Waals surface area contributed by atoms with Crippen LogP contribution in [0.2, 0.25) is 0 Å². The van der Waals surface area contributed by atoms with E-state index in [9.17, 15) is 9.90 Å². The summed E-state index contributed by atoms with van der Waals surface area (Å²) in [6.45, 7) is 3.06. The number of unbranched alkanes of at least 4 members (excludes halogenated alkanes) is 1. The van der Waals surface area contributed by atoms with Crippen molar-refractivity contribution in [2.75, 3.05) is 13.2 Å². The van der Waals surface area contributed by atoms with Crippen LogP contribution in [-0.4, -0.2) is 50.5 Å². The second-order valence-electron chi connectivity index (χ2n) is 3.71. The number of rotatable bonds is 8. The first kappa shape index (κ1) is 13.6. The molecule has 0 aliphatic heterocycles. The predicted molar refractivity (Wildman–Crippen MR) is 58.7 cm³/mol. The van der Waals surface area contributed by atoms with Crippen molar-refractivity contribution in [2.45, 2.75) is 32.4 Å². The Morgan fingerprint density at radius 2 is 2.41 bits per heavy atom. The lowest BCUT2D eigenvalue weighted by Crippen LogP contribution is -2.22. The number of aliphatic hydroxyl groups excluding tert-OH is 1. The molecule has 0 spiro atoms. The number of nitrogens with zero attached hydrogens (tertiary/aromatic N) is 3.